The van der Waals surface area contributed by atoms with E-state index in [-0.39, 0.29) is 0 Å². The van der Waals surface area contributed by atoms with E-state index in [4.69, 9.17) is 16.3 Å². The van der Waals surface area contributed by atoms with E-state index in [0.29, 0.717) is 18.6 Å². The first kappa shape index (κ1) is 8.53. The van der Waals surface area contributed by atoms with Gasteiger partial charge in [-0.25, -0.2) is 0 Å². The summed E-state index contributed by atoms with van der Waals surface area (Å²) in [6.45, 7) is 0.540. The van der Waals surface area contributed by atoms with Gasteiger partial charge in [0.15, 0.2) is 6.29 Å². The molecule has 0 aromatic heterocycles. The minimum Gasteiger partial charge on any atom is -0.452 e. The Morgan fingerprint density at radius 1 is 1.54 bits per heavy atom. The fraction of sp³-hybridized carbons (Fsp3) is 0.222. The van der Waals surface area contributed by atoms with Crippen molar-refractivity contribution >= 4 is 17.9 Å². The highest BCUT2D eigenvalue weighted by molar-refractivity contribution is 6.30. The van der Waals surface area contributed by atoms with E-state index < -0.39 is 5.18 Å². The lowest BCUT2D eigenvalue weighted by Gasteiger charge is -2.29. The van der Waals surface area contributed by atoms with Crippen LogP contribution in [0.5, 0.6) is 5.75 Å². The van der Waals surface area contributed by atoms with Gasteiger partial charge in [0.25, 0.3) is 5.18 Å². The van der Waals surface area contributed by atoms with E-state index in [0.717, 1.165) is 5.56 Å². The molecule has 2 rings (SSSR count). The van der Waals surface area contributed by atoms with Gasteiger partial charge in [-0.1, -0.05) is 18.2 Å². The summed E-state index contributed by atoms with van der Waals surface area (Å²) in [5, 5.41) is 1.38. The van der Waals surface area contributed by atoms with E-state index in [9.17, 15) is 4.79 Å². The van der Waals surface area contributed by atoms with Crippen molar-refractivity contribution in [3.05, 3.63) is 29.8 Å². The average Bonchev–Trinajstić information content (AvgIpc) is 2.18. The van der Waals surface area contributed by atoms with Crippen LogP contribution in [0.25, 0.3) is 0 Å². The first-order valence-electron chi connectivity index (χ1n) is 3.91. The van der Waals surface area contributed by atoms with Crippen molar-refractivity contribution in [2.75, 3.05) is 0 Å². The summed E-state index contributed by atoms with van der Waals surface area (Å²) in [6.07, 6.45) is 0.546. The highest BCUT2D eigenvalue weighted by Crippen LogP contribution is 2.27. The van der Waals surface area contributed by atoms with Gasteiger partial charge in [-0.3, -0.25) is 10.1 Å². The highest BCUT2D eigenvalue weighted by atomic mass is 35.5. The van der Waals surface area contributed by atoms with Crippen LogP contribution in [0.2, 0.25) is 0 Å². The predicted octanol–water partition coefficient (Wildman–Crippen LogP) is 1.26. The van der Waals surface area contributed by atoms with Gasteiger partial charge in [0.05, 0.1) is 0 Å². The molecule has 0 saturated heterocycles. The molecule has 0 bridgehead atoms. The van der Waals surface area contributed by atoms with Crippen molar-refractivity contribution in [2.24, 2.45) is 0 Å². The molecule has 0 saturated carbocycles. The minimum absolute atomic E-state index is 0.540. The lowest BCUT2D eigenvalue weighted by molar-refractivity contribution is -0.118. The van der Waals surface area contributed by atoms with Crippen LogP contribution in [0.3, 0.4) is 0 Å². The Bertz CT molecular complexity index is 342. The lowest BCUT2D eigenvalue weighted by Crippen LogP contribution is -2.49. The Balaban J connectivity index is 2.34. The van der Waals surface area contributed by atoms with Crippen molar-refractivity contribution in [3.8, 4) is 5.75 Å². The van der Waals surface area contributed by atoms with Gasteiger partial charge >= 0.3 is 0 Å². The number of fused-ring (bicyclic) bond motifs is 1. The summed E-state index contributed by atoms with van der Waals surface area (Å²) in [4.78, 5) is 10.6. The van der Waals surface area contributed by atoms with Crippen LogP contribution in [0.1, 0.15) is 5.56 Å². The average molecular weight is 198 g/mol. The molecule has 1 atom stereocenters. The molecule has 1 unspecified atom stereocenters. The molecule has 0 aliphatic carbocycles. The highest BCUT2D eigenvalue weighted by Gasteiger charge is 2.32. The van der Waals surface area contributed by atoms with E-state index in [1.54, 1.807) is 6.07 Å². The molecule has 0 spiro atoms. The summed E-state index contributed by atoms with van der Waals surface area (Å²) in [7, 11) is 0. The van der Waals surface area contributed by atoms with Crippen LogP contribution in [0.15, 0.2) is 24.3 Å². The number of carbonyl (C=O) groups is 1. The van der Waals surface area contributed by atoms with Crippen molar-refractivity contribution in [3.63, 3.8) is 0 Å². The summed E-state index contributed by atoms with van der Waals surface area (Å²) in [6, 6.07) is 7.46. The number of ether oxygens (including phenoxy) is 1. The fourth-order valence-corrected chi connectivity index (χ4v) is 1.38. The molecule has 1 heterocycles. The zero-order valence-electron chi connectivity index (χ0n) is 6.79. The Morgan fingerprint density at radius 3 is 3.08 bits per heavy atom. The second kappa shape index (κ2) is 3.01. The number of alkyl halides is 1. The van der Waals surface area contributed by atoms with E-state index in [2.05, 4.69) is 5.32 Å². The number of hydrogen-bond donors (Lipinski definition) is 1. The molecule has 1 aliphatic heterocycles. The SMILES string of the molecule is O=CC1(Cl)NCc2ccccc2O1. The molecule has 0 amide bonds. The van der Waals surface area contributed by atoms with E-state index >= 15 is 0 Å². The maximum absolute atomic E-state index is 10.6. The molecule has 0 fully saturated rings. The fourth-order valence-electron chi connectivity index (χ4n) is 1.23. The predicted molar refractivity (Wildman–Crippen MR) is 48.6 cm³/mol. The zero-order valence-corrected chi connectivity index (χ0v) is 7.54. The number of halogens is 1. The summed E-state index contributed by atoms with van der Waals surface area (Å²) >= 11 is 5.79. The summed E-state index contributed by atoms with van der Waals surface area (Å²) < 4.78 is 5.25. The number of nitrogens with one attached hydrogen (secondary N) is 1. The first-order chi connectivity index (χ1) is 6.23. The molecule has 1 aromatic carbocycles. The lowest BCUT2D eigenvalue weighted by atomic mass is 10.2. The van der Waals surface area contributed by atoms with Gasteiger partial charge in [0, 0.05) is 12.1 Å². The van der Waals surface area contributed by atoms with Crippen molar-refractivity contribution < 1.29 is 9.53 Å². The third-order valence-corrected chi connectivity index (χ3v) is 2.20. The topological polar surface area (TPSA) is 38.3 Å². The summed E-state index contributed by atoms with van der Waals surface area (Å²) in [5.74, 6) is 0.656. The van der Waals surface area contributed by atoms with Gasteiger partial charge in [0.2, 0.25) is 0 Å². The maximum Gasteiger partial charge on any atom is 0.295 e. The Kier molecular flexibility index (Phi) is 1.98. The largest absolute Gasteiger partial charge is 0.452 e. The van der Waals surface area contributed by atoms with Crippen LogP contribution in [0, 0.1) is 0 Å². The van der Waals surface area contributed by atoms with Gasteiger partial charge in [-0.05, 0) is 17.7 Å². The molecule has 0 radical (unpaired) electrons. The second-order valence-electron chi connectivity index (χ2n) is 2.83. The van der Waals surface area contributed by atoms with Crippen LogP contribution in [-0.2, 0) is 11.3 Å². The first-order valence-corrected chi connectivity index (χ1v) is 4.28. The molecule has 3 nitrogen and oxygen atoms in total. The zero-order chi connectivity index (χ0) is 9.31. The Morgan fingerprint density at radius 2 is 2.31 bits per heavy atom. The van der Waals surface area contributed by atoms with Gasteiger partial charge in [-0.2, -0.15) is 0 Å². The molecular weight excluding hydrogens is 190 g/mol. The van der Waals surface area contributed by atoms with Gasteiger partial charge in [-0.15, -0.1) is 0 Å². The number of hydrogen-bond acceptors (Lipinski definition) is 3. The second-order valence-corrected chi connectivity index (χ2v) is 3.39. The molecular formula is C9H8ClNO2. The molecule has 13 heavy (non-hydrogen) atoms. The minimum atomic E-state index is -1.39. The third-order valence-electron chi connectivity index (χ3n) is 1.90. The van der Waals surface area contributed by atoms with E-state index in [1.165, 1.54) is 0 Å². The van der Waals surface area contributed by atoms with Crippen LogP contribution in [0.4, 0.5) is 0 Å². The normalized spacial score (nSPS) is 25.9. The molecule has 1 N–H and O–H groups in total. The smallest absolute Gasteiger partial charge is 0.295 e. The standard InChI is InChI=1S/C9H8ClNO2/c10-9(6-12)11-5-7-3-1-2-4-8(7)13-9/h1-4,6,11H,5H2. The van der Waals surface area contributed by atoms with Crippen LogP contribution < -0.4 is 10.1 Å². The Hall–Kier alpha value is -1.06. The van der Waals surface area contributed by atoms with Crippen molar-refractivity contribution in [1.82, 2.24) is 5.32 Å². The molecule has 1 aromatic rings. The van der Waals surface area contributed by atoms with E-state index in [1.807, 2.05) is 18.2 Å². The Labute approximate surface area is 80.6 Å². The number of carbonyl (C=O) groups excluding carboxylic acids is 1. The monoisotopic (exact) mass is 197 g/mol. The third kappa shape index (κ3) is 1.53. The number of aldehydes is 1. The van der Waals surface area contributed by atoms with Gasteiger partial charge in [0.1, 0.15) is 5.75 Å². The number of benzene rings is 1. The summed E-state index contributed by atoms with van der Waals surface area (Å²) in [5.41, 5.74) is 1.00. The van der Waals surface area contributed by atoms with Crippen molar-refractivity contribution in [2.45, 2.75) is 11.7 Å². The number of para-hydroxylation sites is 1. The van der Waals surface area contributed by atoms with Crippen molar-refractivity contribution in [1.29, 1.82) is 0 Å². The van der Waals surface area contributed by atoms with Gasteiger partial charge < -0.3 is 4.74 Å². The molecule has 1 aliphatic rings. The molecule has 4 heteroatoms. The maximum atomic E-state index is 10.6. The number of rotatable bonds is 1. The molecule has 68 valence electrons. The quantitative estimate of drug-likeness (QED) is 0.419. The van der Waals surface area contributed by atoms with Crippen LogP contribution >= 0.6 is 11.6 Å². The van der Waals surface area contributed by atoms with Crippen LogP contribution in [-0.4, -0.2) is 11.5 Å².